The number of aliphatic hydroxyl groups excluding tert-OH is 3. The first-order valence-electron chi connectivity index (χ1n) is 6.92. The van der Waals surface area contributed by atoms with Crippen LogP contribution in [0.1, 0.15) is 33.1 Å². The molecule has 0 spiro atoms. The maximum atomic E-state index is 11.0. The van der Waals surface area contributed by atoms with E-state index in [1.54, 1.807) is 0 Å². The Morgan fingerprint density at radius 3 is 1.50 bits per heavy atom. The van der Waals surface area contributed by atoms with Gasteiger partial charge in [0.1, 0.15) is 24.2 Å². The van der Waals surface area contributed by atoms with E-state index in [0.29, 0.717) is 0 Å². The van der Waals surface area contributed by atoms with Crippen LogP contribution in [0.4, 0.5) is 0 Å². The summed E-state index contributed by atoms with van der Waals surface area (Å²) in [4.78, 5) is 29.9. The van der Waals surface area contributed by atoms with Gasteiger partial charge in [-0.1, -0.05) is 13.8 Å². The standard InChI is InChI=1S/C10H20O7.C3H4O4/c1-3-9(16,7(13)6(12)5-11)10(17,4-2)8(14)15;4-2(5)1-3(6)7/h6-7,11-13,16-17H,3-5H2,1-2H3,(H,14,15);1H2,(H,4,5)(H,6,7)/t6-,7-,9+,10+;/m1./s1. The molecule has 0 aliphatic carbocycles. The Morgan fingerprint density at radius 2 is 1.33 bits per heavy atom. The molecule has 0 fully saturated rings. The highest BCUT2D eigenvalue weighted by atomic mass is 16.4. The van der Waals surface area contributed by atoms with E-state index in [1.807, 2.05) is 0 Å². The fraction of sp³-hybridized carbons (Fsp3) is 0.769. The van der Waals surface area contributed by atoms with Crippen molar-refractivity contribution < 1.29 is 55.2 Å². The van der Waals surface area contributed by atoms with Crippen LogP contribution in [0.2, 0.25) is 0 Å². The van der Waals surface area contributed by atoms with Gasteiger partial charge in [0.25, 0.3) is 0 Å². The molecule has 0 aliphatic rings. The van der Waals surface area contributed by atoms with E-state index in [-0.39, 0.29) is 12.8 Å². The Morgan fingerprint density at radius 1 is 0.917 bits per heavy atom. The van der Waals surface area contributed by atoms with Crippen LogP contribution in [0.25, 0.3) is 0 Å². The molecule has 0 rings (SSSR count). The first-order chi connectivity index (χ1) is 10.8. The summed E-state index contributed by atoms with van der Waals surface area (Å²) in [6.45, 7) is 1.83. The van der Waals surface area contributed by atoms with Crippen LogP contribution >= 0.6 is 0 Å². The minimum absolute atomic E-state index is 0.304. The minimum atomic E-state index is -2.60. The van der Waals surface area contributed by atoms with Gasteiger partial charge in [-0.2, -0.15) is 0 Å². The number of hydrogen-bond acceptors (Lipinski definition) is 8. The van der Waals surface area contributed by atoms with Crippen LogP contribution in [0.3, 0.4) is 0 Å². The van der Waals surface area contributed by atoms with Crippen LogP contribution < -0.4 is 0 Å². The zero-order valence-corrected chi connectivity index (χ0v) is 13.3. The van der Waals surface area contributed by atoms with Gasteiger partial charge in [0.05, 0.1) is 6.61 Å². The SMILES string of the molecule is CC[C@](O)(C(=O)O)[C@](O)(CC)[C@H](O)[C@H](O)CO.O=C(O)CC(=O)O. The number of hydrogen-bond donors (Lipinski definition) is 8. The van der Waals surface area contributed by atoms with Crippen molar-refractivity contribution in [2.45, 2.75) is 56.5 Å². The summed E-state index contributed by atoms with van der Waals surface area (Å²) in [7, 11) is 0. The number of carboxylic acids is 3. The molecule has 142 valence electrons. The quantitative estimate of drug-likeness (QED) is 0.204. The second-order valence-electron chi connectivity index (χ2n) is 4.96. The molecule has 0 unspecified atom stereocenters. The van der Waals surface area contributed by atoms with Crippen LogP contribution in [0, 0.1) is 0 Å². The fourth-order valence-corrected chi connectivity index (χ4v) is 1.94. The third kappa shape index (κ3) is 6.02. The van der Waals surface area contributed by atoms with E-state index in [0.717, 1.165) is 0 Å². The average Bonchev–Trinajstić information content (AvgIpc) is 2.50. The predicted octanol–water partition coefficient (Wildman–Crippen LogP) is -2.39. The van der Waals surface area contributed by atoms with E-state index in [4.69, 9.17) is 20.4 Å². The highest BCUT2D eigenvalue weighted by molar-refractivity contribution is 5.88. The Balaban J connectivity index is 0. The molecule has 0 heterocycles. The molecule has 0 radical (unpaired) electrons. The molecule has 0 saturated carbocycles. The van der Waals surface area contributed by atoms with Crippen molar-refractivity contribution in [2.24, 2.45) is 0 Å². The molecule has 11 heteroatoms. The normalized spacial score (nSPS) is 18.1. The fourth-order valence-electron chi connectivity index (χ4n) is 1.94. The van der Waals surface area contributed by atoms with Crippen molar-refractivity contribution in [3.8, 4) is 0 Å². The lowest BCUT2D eigenvalue weighted by molar-refractivity contribution is -0.235. The first-order valence-corrected chi connectivity index (χ1v) is 6.92. The third-order valence-corrected chi connectivity index (χ3v) is 3.46. The monoisotopic (exact) mass is 356 g/mol. The third-order valence-electron chi connectivity index (χ3n) is 3.46. The lowest BCUT2D eigenvalue weighted by Crippen LogP contribution is -2.67. The van der Waals surface area contributed by atoms with Gasteiger partial charge in [0, 0.05) is 0 Å². The Kier molecular flexibility index (Phi) is 10.3. The summed E-state index contributed by atoms with van der Waals surface area (Å²) >= 11 is 0. The molecule has 8 N–H and O–H groups in total. The van der Waals surface area contributed by atoms with Gasteiger partial charge in [-0.3, -0.25) is 9.59 Å². The lowest BCUT2D eigenvalue weighted by atomic mass is 9.73. The van der Waals surface area contributed by atoms with Gasteiger partial charge in [0.2, 0.25) is 0 Å². The highest BCUT2D eigenvalue weighted by Crippen LogP contribution is 2.34. The van der Waals surface area contributed by atoms with Gasteiger partial charge in [0.15, 0.2) is 5.60 Å². The number of rotatable bonds is 9. The van der Waals surface area contributed by atoms with E-state index in [9.17, 15) is 34.8 Å². The van der Waals surface area contributed by atoms with Gasteiger partial charge in [-0.25, -0.2) is 4.79 Å². The molecule has 0 aromatic heterocycles. The van der Waals surface area contributed by atoms with Crippen molar-refractivity contribution in [2.75, 3.05) is 6.61 Å². The Bertz CT molecular complexity index is 426. The molecule has 11 nitrogen and oxygen atoms in total. The molecule has 0 amide bonds. The van der Waals surface area contributed by atoms with Crippen molar-refractivity contribution in [3.05, 3.63) is 0 Å². The number of aliphatic hydroxyl groups is 5. The van der Waals surface area contributed by atoms with Crippen LogP contribution in [-0.2, 0) is 14.4 Å². The van der Waals surface area contributed by atoms with Crippen molar-refractivity contribution in [1.82, 2.24) is 0 Å². The summed E-state index contributed by atoms with van der Waals surface area (Å²) in [5.74, 6) is -4.33. The minimum Gasteiger partial charge on any atom is -0.481 e. The summed E-state index contributed by atoms with van der Waals surface area (Å²) in [5.41, 5.74) is -5.05. The van der Waals surface area contributed by atoms with Crippen LogP contribution in [0.5, 0.6) is 0 Å². The maximum Gasteiger partial charge on any atom is 0.338 e. The molecule has 0 aromatic carbocycles. The van der Waals surface area contributed by atoms with Gasteiger partial charge in [-0.05, 0) is 12.8 Å². The maximum absolute atomic E-state index is 11.0. The second kappa shape index (κ2) is 10.2. The van der Waals surface area contributed by atoms with Gasteiger partial charge >= 0.3 is 17.9 Å². The zero-order valence-electron chi connectivity index (χ0n) is 13.3. The van der Waals surface area contributed by atoms with E-state index < -0.39 is 54.3 Å². The summed E-state index contributed by atoms with van der Waals surface area (Å²) in [6.07, 6.45) is -5.18. The van der Waals surface area contributed by atoms with E-state index in [1.165, 1.54) is 13.8 Å². The molecule has 0 aromatic rings. The van der Waals surface area contributed by atoms with Gasteiger partial charge in [-0.15, -0.1) is 0 Å². The number of aliphatic carboxylic acids is 3. The van der Waals surface area contributed by atoms with Crippen molar-refractivity contribution >= 4 is 17.9 Å². The molecular weight excluding hydrogens is 332 g/mol. The first kappa shape index (κ1) is 24.5. The highest BCUT2D eigenvalue weighted by Gasteiger charge is 2.58. The van der Waals surface area contributed by atoms with Crippen LogP contribution in [-0.4, -0.2) is 88.8 Å². The van der Waals surface area contributed by atoms with Crippen molar-refractivity contribution in [3.63, 3.8) is 0 Å². The molecule has 0 saturated heterocycles. The smallest absolute Gasteiger partial charge is 0.338 e. The summed E-state index contributed by atoms with van der Waals surface area (Å²) in [5, 5.41) is 72.0. The lowest BCUT2D eigenvalue weighted by Gasteiger charge is -2.43. The summed E-state index contributed by atoms with van der Waals surface area (Å²) in [6, 6.07) is 0. The molecule has 4 atom stereocenters. The largest absolute Gasteiger partial charge is 0.481 e. The van der Waals surface area contributed by atoms with E-state index in [2.05, 4.69) is 0 Å². The molecular formula is C13H24O11. The molecule has 24 heavy (non-hydrogen) atoms. The van der Waals surface area contributed by atoms with Gasteiger partial charge < -0.3 is 40.9 Å². The second-order valence-corrected chi connectivity index (χ2v) is 4.96. The topological polar surface area (TPSA) is 213 Å². The molecule has 0 aliphatic heterocycles. The van der Waals surface area contributed by atoms with Crippen LogP contribution in [0.15, 0.2) is 0 Å². The summed E-state index contributed by atoms with van der Waals surface area (Å²) < 4.78 is 0. The predicted molar refractivity (Wildman–Crippen MR) is 77.1 cm³/mol. The zero-order chi connectivity index (χ0) is 19.7. The van der Waals surface area contributed by atoms with Crippen molar-refractivity contribution in [1.29, 1.82) is 0 Å². The van der Waals surface area contributed by atoms with E-state index >= 15 is 0 Å². The Labute approximate surface area is 137 Å². The Hall–Kier alpha value is -1.79. The molecule has 0 bridgehead atoms. The average molecular weight is 356 g/mol. The number of carbonyl (C=O) groups is 3. The number of carboxylic acid groups (broad SMARTS) is 3.